The lowest BCUT2D eigenvalue weighted by Crippen LogP contribution is -2.26. The van der Waals surface area contributed by atoms with Crippen LogP contribution in [0.1, 0.15) is 30.3 Å². The van der Waals surface area contributed by atoms with Crippen molar-refractivity contribution >= 4 is 22.7 Å². The molecule has 1 N–H and O–H groups in total. The zero-order valence-corrected chi connectivity index (χ0v) is 13.7. The van der Waals surface area contributed by atoms with Crippen molar-refractivity contribution in [1.82, 2.24) is 4.98 Å². The SMILES string of the molecule is COC(=O)C(CC(=O)c1cc2c(OC)cccc2[nH]1)CC(C)(F)F. The Balaban J connectivity index is 2.25. The number of alkyl halides is 2. The molecule has 1 aromatic carbocycles. The zero-order chi connectivity index (χ0) is 17.9. The third-order valence-electron chi connectivity index (χ3n) is 3.72. The number of fused-ring (bicyclic) bond motifs is 1. The molecule has 130 valence electrons. The second-order valence-corrected chi connectivity index (χ2v) is 5.73. The molecule has 0 saturated heterocycles. The molecule has 24 heavy (non-hydrogen) atoms. The minimum absolute atomic E-state index is 0.239. The minimum Gasteiger partial charge on any atom is -0.496 e. The highest BCUT2D eigenvalue weighted by atomic mass is 19.3. The molecule has 0 saturated carbocycles. The van der Waals surface area contributed by atoms with Gasteiger partial charge in [-0.3, -0.25) is 9.59 Å². The van der Waals surface area contributed by atoms with Crippen molar-refractivity contribution in [3.8, 4) is 5.75 Å². The lowest BCUT2D eigenvalue weighted by Gasteiger charge is -2.17. The number of aromatic amines is 1. The number of methoxy groups -OCH3 is 2. The predicted octanol–water partition coefficient (Wildman–Crippen LogP) is 3.58. The van der Waals surface area contributed by atoms with Crippen LogP contribution in [0.25, 0.3) is 10.9 Å². The molecule has 0 aliphatic heterocycles. The summed E-state index contributed by atoms with van der Waals surface area (Å²) in [6, 6.07) is 6.88. The van der Waals surface area contributed by atoms with Gasteiger partial charge in [0, 0.05) is 23.7 Å². The van der Waals surface area contributed by atoms with E-state index in [0.717, 1.165) is 7.11 Å². The van der Waals surface area contributed by atoms with E-state index in [0.29, 0.717) is 23.6 Å². The molecule has 1 unspecified atom stereocenters. The van der Waals surface area contributed by atoms with Crippen LogP contribution in [0, 0.1) is 5.92 Å². The maximum absolute atomic E-state index is 13.2. The number of hydrogen-bond donors (Lipinski definition) is 1. The number of aromatic nitrogens is 1. The van der Waals surface area contributed by atoms with Crippen LogP contribution in [0.5, 0.6) is 5.75 Å². The van der Waals surface area contributed by atoms with E-state index in [1.54, 1.807) is 24.3 Å². The molecule has 1 atom stereocenters. The molecule has 0 aliphatic rings. The summed E-state index contributed by atoms with van der Waals surface area (Å²) in [5.74, 6) is -4.93. The van der Waals surface area contributed by atoms with E-state index in [-0.39, 0.29) is 12.1 Å². The Labute approximate surface area is 137 Å². The van der Waals surface area contributed by atoms with Gasteiger partial charge in [0.15, 0.2) is 5.78 Å². The molecule has 0 radical (unpaired) electrons. The lowest BCUT2D eigenvalue weighted by atomic mass is 9.94. The maximum atomic E-state index is 13.2. The van der Waals surface area contributed by atoms with Gasteiger partial charge in [0.05, 0.1) is 25.8 Å². The third-order valence-corrected chi connectivity index (χ3v) is 3.72. The van der Waals surface area contributed by atoms with E-state index in [1.807, 2.05) is 0 Å². The Hall–Kier alpha value is -2.44. The van der Waals surface area contributed by atoms with Crippen LogP contribution in [0.3, 0.4) is 0 Å². The van der Waals surface area contributed by atoms with Crippen LogP contribution in [0.15, 0.2) is 24.3 Å². The van der Waals surface area contributed by atoms with Crippen LogP contribution in [-0.2, 0) is 9.53 Å². The average molecular weight is 339 g/mol. The summed E-state index contributed by atoms with van der Waals surface area (Å²) in [5.41, 5.74) is 0.927. The molecule has 0 bridgehead atoms. The quantitative estimate of drug-likeness (QED) is 0.618. The zero-order valence-electron chi connectivity index (χ0n) is 13.7. The molecule has 0 fully saturated rings. The van der Waals surface area contributed by atoms with Crippen molar-refractivity contribution in [2.24, 2.45) is 5.92 Å². The number of carbonyl (C=O) groups is 2. The number of halogens is 2. The van der Waals surface area contributed by atoms with Crippen LogP contribution >= 0.6 is 0 Å². The van der Waals surface area contributed by atoms with Crippen molar-refractivity contribution in [3.05, 3.63) is 30.0 Å². The number of ketones is 1. The number of nitrogens with one attached hydrogen (secondary N) is 1. The topological polar surface area (TPSA) is 68.4 Å². The maximum Gasteiger partial charge on any atom is 0.309 e. The molecule has 1 aromatic heterocycles. The van der Waals surface area contributed by atoms with E-state index >= 15 is 0 Å². The van der Waals surface area contributed by atoms with Gasteiger partial charge < -0.3 is 14.5 Å². The third kappa shape index (κ3) is 4.10. The summed E-state index contributed by atoms with van der Waals surface area (Å²) in [5, 5.41) is 0.707. The summed E-state index contributed by atoms with van der Waals surface area (Å²) < 4.78 is 36.2. The highest BCUT2D eigenvalue weighted by Gasteiger charge is 2.33. The van der Waals surface area contributed by atoms with Crippen LogP contribution in [0.2, 0.25) is 0 Å². The largest absolute Gasteiger partial charge is 0.496 e. The van der Waals surface area contributed by atoms with Crippen molar-refractivity contribution in [2.45, 2.75) is 25.7 Å². The summed E-state index contributed by atoms with van der Waals surface area (Å²) in [6.45, 7) is 0.710. The van der Waals surface area contributed by atoms with Crippen LogP contribution in [0.4, 0.5) is 8.78 Å². The van der Waals surface area contributed by atoms with E-state index in [2.05, 4.69) is 9.72 Å². The lowest BCUT2D eigenvalue weighted by molar-refractivity contribution is -0.148. The number of Topliss-reactive ketones (excluding diaryl/α,β-unsaturated/α-hetero) is 1. The summed E-state index contributed by atoms with van der Waals surface area (Å²) >= 11 is 0. The van der Waals surface area contributed by atoms with Gasteiger partial charge in [-0.25, -0.2) is 8.78 Å². The standard InChI is InChI=1S/C17H19F2NO4/c1-17(18,19)9-10(16(22)24-3)7-14(21)13-8-11-12(20-13)5-4-6-15(11)23-2/h4-6,8,10,20H,7,9H2,1-3H3. The Morgan fingerprint density at radius 2 is 2.00 bits per heavy atom. The molecule has 2 aromatic rings. The first-order valence-electron chi connectivity index (χ1n) is 7.39. The van der Waals surface area contributed by atoms with Crippen molar-refractivity contribution in [1.29, 1.82) is 0 Å². The molecule has 1 heterocycles. The number of H-pyrrole nitrogens is 1. The number of esters is 1. The van der Waals surface area contributed by atoms with Crippen molar-refractivity contribution < 1.29 is 27.8 Å². The van der Waals surface area contributed by atoms with E-state index in [9.17, 15) is 18.4 Å². The van der Waals surface area contributed by atoms with Gasteiger partial charge in [0.2, 0.25) is 5.92 Å². The minimum atomic E-state index is -3.07. The number of ether oxygens (including phenoxy) is 2. The molecular formula is C17H19F2NO4. The fraction of sp³-hybridized carbons (Fsp3) is 0.412. The second kappa shape index (κ2) is 6.98. The Kier molecular flexibility index (Phi) is 5.21. The monoisotopic (exact) mass is 339 g/mol. The molecule has 0 aliphatic carbocycles. The second-order valence-electron chi connectivity index (χ2n) is 5.73. The molecule has 0 spiro atoms. The van der Waals surface area contributed by atoms with Gasteiger partial charge in [-0.15, -0.1) is 0 Å². The predicted molar refractivity (Wildman–Crippen MR) is 84.5 cm³/mol. The Bertz CT molecular complexity index is 749. The van der Waals surface area contributed by atoms with E-state index in [1.165, 1.54) is 7.11 Å². The first-order chi connectivity index (χ1) is 11.2. The van der Waals surface area contributed by atoms with Gasteiger partial charge in [0.1, 0.15) is 5.75 Å². The summed E-state index contributed by atoms with van der Waals surface area (Å²) in [6.07, 6.45) is -1.10. The van der Waals surface area contributed by atoms with Gasteiger partial charge in [-0.2, -0.15) is 0 Å². The van der Waals surface area contributed by atoms with E-state index < -0.39 is 30.0 Å². The fourth-order valence-corrected chi connectivity index (χ4v) is 2.63. The van der Waals surface area contributed by atoms with E-state index in [4.69, 9.17) is 4.74 Å². The number of rotatable bonds is 7. The first-order valence-corrected chi connectivity index (χ1v) is 7.39. The first kappa shape index (κ1) is 17.9. The van der Waals surface area contributed by atoms with Gasteiger partial charge >= 0.3 is 5.97 Å². The smallest absolute Gasteiger partial charge is 0.309 e. The molecular weight excluding hydrogens is 320 g/mol. The number of carbonyl (C=O) groups excluding carboxylic acids is 2. The van der Waals surface area contributed by atoms with Crippen molar-refractivity contribution in [3.63, 3.8) is 0 Å². The summed E-state index contributed by atoms with van der Waals surface area (Å²) in [7, 11) is 2.63. The molecule has 0 amide bonds. The number of hydrogen-bond acceptors (Lipinski definition) is 4. The fourth-order valence-electron chi connectivity index (χ4n) is 2.63. The van der Waals surface area contributed by atoms with Crippen LogP contribution < -0.4 is 4.74 Å². The normalized spacial score (nSPS) is 12.9. The highest BCUT2D eigenvalue weighted by Crippen LogP contribution is 2.29. The van der Waals surface area contributed by atoms with Crippen molar-refractivity contribution in [2.75, 3.05) is 14.2 Å². The summed E-state index contributed by atoms with van der Waals surface area (Å²) in [4.78, 5) is 27.0. The van der Waals surface area contributed by atoms with Crippen LogP contribution in [-0.4, -0.2) is 36.9 Å². The highest BCUT2D eigenvalue weighted by molar-refractivity contribution is 6.02. The Morgan fingerprint density at radius 3 is 2.58 bits per heavy atom. The molecule has 7 heteroatoms. The average Bonchev–Trinajstić information content (AvgIpc) is 2.96. The Morgan fingerprint density at radius 1 is 1.29 bits per heavy atom. The van der Waals surface area contributed by atoms with Gasteiger partial charge in [-0.1, -0.05) is 6.07 Å². The number of benzene rings is 1. The van der Waals surface area contributed by atoms with Gasteiger partial charge in [-0.05, 0) is 25.1 Å². The molecule has 2 rings (SSSR count). The van der Waals surface area contributed by atoms with Gasteiger partial charge in [0.25, 0.3) is 0 Å². The molecule has 5 nitrogen and oxygen atoms in total.